The van der Waals surface area contributed by atoms with E-state index in [-0.39, 0.29) is 5.41 Å². The van der Waals surface area contributed by atoms with Crippen LogP contribution in [0, 0.1) is 11.3 Å². The van der Waals surface area contributed by atoms with E-state index in [1.165, 1.54) is 43.4 Å². The smallest absolute Gasteiger partial charge is 0.123 e. The highest BCUT2D eigenvalue weighted by molar-refractivity contribution is 5.56. The predicted octanol–water partition coefficient (Wildman–Crippen LogP) is 3.17. The average Bonchev–Trinajstić information content (AvgIpc) is 2.86. The van der Waals surface area contributed by atoms with Gasteiger partial charge in [0.05, 0.1) is 0 Å². The molecule has 1 heterocycles. The lowest BCUT2D eigenvalue weighted by Gasteiger charge is -2.65. The van der Waals surface area contributed by atoms with Gasteiger partial charge in [-0.1, -0.05) is 19.1 Å². The minimum Gasteiger partial charge on any atom is -0.489 e. The van der Waals surface area contributed by atoms with Crippen molar-refractivity contribution in [1.29, 1.82) is 0 Å². The molecular weight excluding hydrogens is 246 g/mol. The Bertz CT molecular complexity index is 587. The van der Waals surface area contributed by atoms with E-state index in [1.807, 2.05) is 0 Å². The van der Waals surface area contributed by atoms with E-state index in [1.54, 1.807) is 5.56 Å². The fraction of sp³-hybridized carbons (Fsp3) is 0.667. The molecule has 3 atom stereocenters. The predicted molar refractivity (Wildman–Crippen MR) is 78.9 cm³/mol. The summed E-state index contributed by atoms with van der Waals surface area (Å²) in [5, 5.41) is 0. The number of rotatable bonds is 1. The Morgan fingerprint density at radius 3 is 2.85 bits per heavy atom. The first-order valence-electron chi connectivity index (χ1n) is 8.27. The molecule has 3 saturated carbocycles. The van der Waals surface area contributed by atoms with Gasteiger partial charge in [-0.15, -0.1) is 0 Å². The molecule has 0 amide bonds. The summed E-state index contributed by atoms with van der Waals surface area (Å²) in [6.07, 6.45) is 7.92. The topological polar surface area (TPSA) is 35.2 Å². The second-order valence-electron chi connectivity index (χ2n) is 7.46. The Morgan fingerprint density at radius 2 is 2.10 bits per heavy atom. The van der Waals surface area contributed by atoms with Crippen LogP contribution in [-0.2, 0) is 11.8 Å². The zero-order chi connectivity index (χ0) is 13.5. The molecule has 2 nitrogen and oxygen atoms in total. The zero-order valence-corrected chi connectivity index (χ0v) is 12.2. The molecule has 0 saturated heterocycles. The molecule has 20 heavy (non-hydrogen) atoms. The van der Waals surface area contributed by atoms with Crippen LogP contribution >= 0.6 is 0 Å². The summed E-state index contributed by atoms with van der Waals surface area (Å²) in [6.45, 7) is 2.36. The van der Waals surface area contributed by atoms with Crippen molar-refractivity contribution in [3.05, 3.63) is 29.3 Å². The highest BCUT2D eigenvalue weighted by Crippen LogP contribution is 2.70. The molecule has 1 aromatic rings. The molecule has 2 heteroatoms. The second-order valence-corrected chi connectivity index (χ2v) is 7.46. The Kier molecular flexibility index (Phi) is 1.98. The van der Waals surface area contributed by atoms with Gasteiger partial charge in [-0.2, -0.15) is 0 Å². The number of nitrogens with two attached hydrogens (primary N) is 1. The minimum atomic E-state index is 0.220. The van der Waals surface area contributed by atoms with Crippen LogP contribution in [0.1, 0.15) is 50.2 Å². The summed E-state index contributed by atoms with van der Waals surface area (Å²) in [4.78, 5) is 0. The van der Waals surface area contributed by atoms with Gasteiger partial charge in [0.1, 0.15) is 11.9 Å². The van der Waals surface area contributed by atoms with Gasteiger partial charge in [0, 0.05) is 17.0 Å². The second kappa shape index (κ2) is 3.41. The van der Waals surface area contributed by atoms with Gasteiger partial charge in [0.15, 0.2) is 0 Å². The van der Waals surface area contributed by atoms with E-state index in [9.17, 15) is 0 Å². The van der Waals surface area contributed by atoms with Gasteiger partial charge >= 0.3 is 0 Å². The molecule has 0 radical (unpaired) electrons. The van der Waals surface area contributed by atoms with Crippen molar-refractivity contribution in [2.24, 2.45) is 17.1 Å². The van der Waals surface area contributed by atoms with Crippen molar-refractivity contribution in [1.82, 2.24) is 0 Å². The molecule has 3 fully saturated rings. The van der Waals surface area contributed by atoms with Gasteiger partial charge < -0.3 is 10.5 Å². The Morgan fingerprint density at radius 1 is 1.30 bits per heavy atom. The van der Waals surface area contributed by atoms with E-state index >= 15 is 0 Å². The van der Waals surface area contributed by atoms with Crippen LogP contribution in [0.4, 0.5) is 0 Å². The van der Waals surface area contributed by atoms with Gasteiger partial charge in [0.2, 0.25) is 0 Å². The first kappa shape index (κ1) is 11.6. The van der Waals surface area contributed by atoms with Gasteiger partial charge in [0.25, 0.3) is 0 Å². The van der Waals surface area contributed by atoms with Crippen molar-refractivity contribution < 1.29 is 4.74 Å². The molecule has 4 aliphatic carbocycles. The maximum Gasteiger partial charge on any atom is 0.123 e. The van der Waals surface area contributed by atoms with Crippen LogP contribution < -0.4 is 10.5 Å². The van der Waals surface area contributed by atoms with Crippen LogP contribution in [0.3, 0.4) is 0 Å². The molecule has 5 aliphatic rings. The molecular formula is C18H23NO. The van der Waals surface area contributed by atoms with Gasteiger partial charge in [-0.25, -0.2) is 0 Å². The summed E-state index contributed by atoms with van der Waals surface area (Å²) < 4.78 is 6.52. The van der Waals surface area contributed by atoms with E-state index in [2.05, 4.69) is 25.1 Å². The van der Waals surface area contributed by atoms with Crippen LogP contribution in [0.15, 0.2) is 18.2 Å². The van der Waals surface area contributed by atoms with Crippen molar-refractivity contribution in [3.8, 4) is 5.75 Å². The van der Waals surface area contributed by atoms with Crippen LogP contribution in [0.5, 0.6) is 5.75 Å². The standard InChI is InChI=1S/C18H23NO/c1-2-18-15-12-4-3-5-13(15)20-16(18)11-6-8-17(18,9-7-11)14(19)10-12/h3-5,11,14,16H,2,6-10,19H2,1H3. The summed E-state index contributed by atoms with van der Waals surface area (Å²) in [5.74, 6) is 1.93. The van der Waals surface area contributed by atoms with Gasteiger partial charge in [-0.3, -0.25) is 0 Å². The quantitative estimate of drug-likeness (QED) is 0.850. The van der Waals surface area contributed by atoms with Crippen LogP contribution in [-0.4, -0.2) is 12.1 Å². The number of benzene rings is 1. The Hall–Kier alpha value is -1.02. The lowest BCUT2D eigenvalue weighted by atomic mass is 9.39. The first-order valence-corrected chi connectivity index (χ1v) is 8.27. The lowest BCUT2D eigenvalue weighted by molar-refractivity contribution is -0.123. The van der Waals surface area contributed by atoms with Crippen molar-refractivity contribution in [2.75, 3.05) is 0 Å². The van der Waals surface area contributed by atoms with Crippen molar-refractivity contribution >= 4 is 0 Å². The molecule has 6 rings (SSSR count). The van der Waals surface area contributed by atoms with E-state index in [4.69, 9.17) is 10.5 Å². The van der Waals surface area contributed by atoms with Gasteiger partial charge in [-0.05, 0) is 61.5 Å². The van der Waals surface area contributed by atoms with Crippen molar-refractivity contribution in [2.45, 2.75) is 63.0 Å². The minimum absolute atomic E-state index is 0.220. The highest BCUT2D eigenvalue weighted by Gasteiger charge is 2.70. The molecule has 1 aromatic carbocycles. The lowest BCUT2D eigenvalue weighted by Crippen LogP contribution is -2.69. The monoisotopic (exact) mass is 269 g/mol. The largest absolute Gasteiger partial charge is 0.489 e. The van der Waals surface area contributed by atoms with Crippen molar-refractivity contribution in [3.63, 3.8) is 0 Å². The third-order valence-electron chi connectivity index (χ3n) is 7.24. The van der Waals surface area contributed by atoms with Crippen LogP contribution in [0.2, 0.25) is 0 Å². The van der Waals surface area contributed by atoms with E-state index < -0.39 is 0 Å². The third kappa shape index (κ3) is 0.966. The third-order valence-corrected chi connectivity index (χ3v) is 7.24. The number of hydrogen-bond donors (Lipinski definition) is 1. The SMILES string of the molecule is CCC12c3c4cccc3OC1C1CCC2(CC1)C(N)C4. The fourth-order valence-corrected chi connectivity index (χ4v) is 6.53. The van der Waals surface area contributed by atoms with E-state index in [0.29, 0.717) is 17.6 Å². The molecule has 3 unspecified atom stereocenters. The molecule has 2 bridgehead atoms. The maximum absolute atomic E-state index is 6.76. The normalized spacial score (nSPS) is 47.0. The highest BCUT2D eigenvalue weighted by atomic mass is 16.5. The Labute approximate surface area is 120 Å². The average molecular weight is 269 g/mol. The summed E-state index contributed by atoms with van der Waals surface area (Å²) in [5.41, 5.74) is 10.3. The molecule has 106 valence electrons. The number of hydrogen-bond acceptors (Lipinski definition) is 2. The van der Waals surface area contributed by atoms with Crippen LogP contribution in [0.25, 0.3) is 0 Å². The Balaban J connectivity index is 1.87. The zero-order valence-electron chi connectivity index (χ0n) is 12.2. The van der Waals surface area contributed by atoms with E-state index in [0.717, 1.165) is 12.3 Å². The molecule has 0 aromatic heterocycles. The molecule has 2 N–H and O–H groups in total. The molecule has 1 aliphatic heterocycles. The summed E-state index contributed by atoms with van der Waals surface area (Å²) >= 11 is 0. The number of fused-ring (bicyclic) bond motifs is 2. The maximum atomic E-state index is 6.76. The first-order chi connectivity index (χ1) is 9.73. The number of ether oxygens (including phenoxy) is 1. The molecule has 1 spiro atoms. The summed E-state index contributed by atoms with van der Waals surface area (Å²) in [6, 6.07) is 6.95. The summed E-state index contributed by atoms with van der Waals surface area (Å²) in [7, 11) is 0. The fourth-order valence-electron chi connectivity index (χ4n) is 6.53.